The lowest BCUT2D eigenvalue weighted by Crippen LogP contribution is -2.54. The first-order valence-corrected chi connectivity index (χ1v) is 11.1. The van der Waals surface area contributed by atoms with Crippen molar-refractivity contribution in [3.05, 3.63) is 96.1 Å². The molecule has 1 N–H and O–H groups in total. The lowest BCUT2D eigenvalue weighted by molar-refractivity contribution is -0.122. The van der Waals surface area contributed by atoms with Crippen molar-refractivity contribution in [3.8, 4) is 11.5 Å². The van der Waals surface area contributed by atoms with E-state index in [1.165, 1.54) is 18.2 Å². The van der Waals surface area contributed by atoms with Crippen LogP contribution in [0.1, 0.15) is 11.3 Å². The number of nitrogens with zero attached hydrogens (tertiary/aromatic N) is 2. The van der Waals surface area contributed by atoms with Gasteiger partial charge in [0.15, 0.2) is 11.5 Å². The van der Waals surface area contributed by atoms with Gasteiger partial charge in [0.1, 0.15) is 18.0 Å². The molecule has 0 unspecified atom stereocenters. The number of allylic oxidation sites excluding steroid dienone is 1. The lowest BCUT2D eigenvalue weighted by Gasteiger charge is -2.26. The van der Waals surface area contributed by atoms with Crippen molar-refractivity contribution in [2.75, 3.05) is 18.6 Å². The molecular formula is C27H24FN3O5. The number of barbiturate groups is 1. The first kappa shape index (κ1) is 24.5. The molecule has 9 heteroatoms. The highest BCUT2D eigenvalue weighted by Gasteiger charge is 2.37. The van der Waals surface area contributed by atoms with E-state index in [9.17, 15) is 18.8 Å². The number of carbonyl (C=O) groups is 3. The van der Waals surface area contributed by atoms with E-state index in [1.807, 2.05) is 28.8 Å². The fourth-order valence-corrected chi connectivity index (χ4v) is 3.77. The van der Waals surface area contributed by atoms with Gasteiger partial charge in [0.25, 0.3) is 11.8 Å². The molecule has 1 aliphatic rings. The summed E-state index contributed by atoms with van der Waals surface area (Å²) in [5.41, 5.74) is 1.55. The Balaban J connectivity index is 1.50. The number of hydrogen-bond acceptors (Lipinski definition) is 5. The molecule has 4 amide bonds. The van der Waals surface area contributed by atoms with Gasteiger partial charge in [-0.15, -0.1) is 6.58 Å². The van der Waals surface area contributed by atoms with E-state index in [-0.39, 0.29) is 11.3 Å². The molecule has 1 aromatic heterocycles. The average Bonchev–Trinajstić information content (AvgIpc) is 3.30. The third kappa shape index (κ3) is 5.20. The van der Waals surface area contributed by atoms with Crippen molar-refractivity contribution in [2.24, 2.45) is 0 Å². The zero-order valence-electron chi connectivity index (χ0n) is 19.6. The lowest BCUT2D eigenvalue weighted by atomic mass is 10.1. The number of benzene rings is 2. The van der Waals surface area contributed by atoms with Gasteiger partial charge in [-0.05, 0) is 66.6 Å². The van der Waals surface area contributed by atoms with Crippen molar-refractivity contribution in [3.63, 3.8) is 0 Å². The molecular weight excluding hydrogens is 465 g/mol. The van der Waals surface area contributed by atoms with E-state index in [4.69, 9.17) is 9.47 Å². The highest BCUT2D eigenvalue weighted by molar-refractivity contribution is 6.39. The van der Waals surface area contributed by atoms with Crippen LogP contribution in [0.25, 0.3) is 6.08 Å². The van der Waals surface area contributed by atoms with Crippen LogP contribution in [-0.2, 0) is 22.6 Å². The molecule has 1 fully saturated rings. The maximum atomic E-state index is 13.3. The number of halogens is 1. The molecule has 0 aliphatic carbocycles. The summed E-state index contributed by atoms with van der Waals surface area (Å²) in [7, 11) is 1.57. The highest BCUT2D eigenvalue weighted by atomic mass is 19.1. The van der Waals surface area contributed by atoms with Crippen LogP contribution in [0, 0.1) is 5.82 Å². The standard InChI is InChI=1S/C27H24FN3O5/c1-3-5-18-7-12-23(24(16-18)35-2)36-15-14-30-13-4-6-21(30)17-22-25(32)29-27(34)31(26(22)33)20-10-8-19(28)9-11-20/h3-4,6-13,16-17H,1,5,14-15H2,2H3,(H,29,32,34). The minimum absolute atomic E-state index is 0.147. The Labute approximate surface area is 207 Å². The molecule has 36 heavy (non-hydrogen) atoms. The smallest absolute Gasteiger partial charge is 0.335 e. The van der Waals surface area contributed by atoms with Gasteiger partial charge in [-0.25, -0.2) is 14.1 Å². The predicted molar refractivity (Wildman–Crippen MR) is 132 cm³/mol. The van der Waals surface area contributed by atoms with E-state index in [0.717, 1.165) is 22.6 Å². The largest absolute Gasteiger partial charge is 0.493 e. The Hall–Kier alpha value is -4.66. The fraction of sp³-hybridized carbons (Fsp3) is 0.148. The van der Waals surface area contributed by atoms with Crippen molar-refractivity contribution in [1.29, 1.82) is 0 Å². The number of ether oxygens (including phenoxy) is 2. The second-order valence-corrected chi connectivity index (χ2v) is 7.89. The Bertz CT molecular complexity index is 1340. The Morgan fingerprint density at radius 2 is 1.83 bits per heavy atom. The van der Waals surface area contributed by atoms with Crippen molar-refractivity contribution in [1.82, 2.24) is 9.88 Å². The second kappa shape index (κ2) is 10.7. The third-order valence-corrected chi connectivity index (χ3v) is 5.54. The van der Waals surface area contributed by atoms with Gasteiger partial charge in [0, 0.05) is 11.9 Å². The summed E-state index contributed by atoms with van der Waals surface area (Å²) in [5.74, 6) is -0.923. The van der Waals surface area contributed by atoms with Gasteiger partial charge in [0.2, 0.25) is 0 Å². The number of hydrogen-bond donors (Lipinski definition) is 1. The van der Waals surface area contributed by atoms with Crippen molar-refractivity contribution >= 4 is 29.6 Å². The highest BCUT2D eigenvalue weighted by Crippen LogP contribution is 2.28. The van der Waals surface area contributed by atoms with Crippen molar-refractivity contribution in [2.45, 2.75) is 13.0 Å². The molecule has 2 aromatic carbocycles. The Kier molecular flexibility index (Phi) is 7.29. The zero-order valence-corrected chi connectivity index (χ0v) is 19.6. The monoisotopic (exact) mass is 489 g/mol. The summed E-state index contributed by atoms with van der Waals surface area (Å²) in [6.45, 7) is 4.45. The van der Waals surface area contributed by atoms with Crippen LogP contribution >= 0.6 is 0 Å². The molecule has 0 radical (unpaired) electrons. The number of methoxy groups -OCH3 is 1. The molecule has 4 rings (SSSR count). The fourth-order valence-electron chi connectivity index (χ4n) is 3.77. The number of rotatable bonds is 9. The normalized spacial score (nSPS) is 14.7. The van der Waals surface area contributed by atoms with Crippen LogP contribution in [0.15, 0.2) is 79.0 Å². The van der Waals surface area contributed by atoms with Crippen LogP contribution in [0.4, 0.5) is 14.9 Å². The van der Waals surface area contributed by atoms with E-state index in [1.54, 1.807) is 25.4 Å². The van der Waals surface area contributed by atoms with E-state index in [2.05, 4.69) is 11.9 Å². The molecule has 3 aromatic rings. The van der Waals surface area contributed by atoms with Crippen LogP contribution in [-0.4, -0.2) is 36.1 Å². The van der Waals surface area contributed by atoms with E-state index < -0.39 is 23.7 Å². The van der Waals surface area contributed by atoms with Crippen LogP contribution in [0.3, 0.4) is 0 Å². The minimum Gasteiger partial charge on any atom is -0.493 e. The van der Waals surface area contributed by atoms with Gasteiger partial charge in [-0.2, -0.15) is 0 Å². The predicted octanol–water partition coefficient (Wildman–Crippen LogP) is 4.11. The number of amides is 4. The van der Waals surface area contributed by atoms with Crippen molar-refractivity contribution < 1.29 is 28.2 Å². The Morgan fingerprint density at radius 3 is 2.56 bits per heavy atom. The van der Waals surface area contributed by atoms with Gasteiger partial charge in [-0.3, -0.25) is 14.9 Å². The van der Waals surface area contributed by atoms with Crippen LogP contribution < -0.4 is 19.7 Å². The summed E-state index contributed by atoms with van der Waals surface area (Å²) < 4.78 is 26.4. The first-order chi connectivity index (χ1) is 17.4. The number of nitrogens with one attached hydrogen (secondary N) is 1. The molecule has 0 bridgehead atoms. The summed E-state index contributed by atoms with van der Waals surface area (Å²) in [5, 5.41) is 2.16. The number of urea groups is 1. The maximum Gasteiger partial charge on any atom is 0.335 e. The molecule has 184 valence electrons. The molecule has 1 saturated heterocycles. The summed E-state index contributed by atoms with van der Waals surface area (Å²) in [6, 6.07) is 13.1. The molecule has 0 spiro atoms. The summed E-state index contributed by atoms with van der Waals surface area (Å²) in [6.07, 6.45) is 5.72. The van der Waals surface area contributed by atoms with Gasteiger partial charge >= 0.3 is 6.03 Å². The van der Waals surface area contributed by atoms with E-state index in [0.29, 0.717) is 36.8 Å². The number of carbonyl (C=O) groups excluding carboxylic acids is 3. The van der Waals surface area contributed by atoms with E-state index >= 15 is 0 Å². The SMILES string of the molecule is C=CCc1ccc(OCCn2cccc2C=C2C(=O)NC(=O)N(c3ccc(F)cc3)C2=O)c(OC)c1. The minimum atomic E-state index is -0.898. The average molecular weight is 490 g/mol. The zero-order chi connectivity index (χ0) is 25.7. The molecule has 0 atom stereocenters. The maximum absolute atomic E-state index is 13.3. The second-order valence-electron chi connectivity index (χ2n) is 7.89. The van der Waals surface area contributed by atoms with Crippen LogP contribution in [0.2, 0.25) is 0 Å². The van der Waals surface area contributed by atoms with Gasteiger partial charge < -0.3 is 14.0 Å². The molecule has 8 nitrogen and oxygen atoms in total. The summed E-state index contributed by atoms with van der Waals surface area (Å²) >= 11 is 0. The molecule has 1 aliphatic heterocycles. The molecule has 0 saturated carbocycles. The van der Waals surface area contributed by atoms with Crippen LogP contribution in [0.5, 0.6) is 11.5 Å². The number of imide groups is 2. The summed E-state index contributed by atoms with van der Waals surface area (Å²) in [4.78, 5) is 38.6. The number of anilines is 1. The van der Waals surface area contributed by atoms with Gasteiger partial charge in [0.05, 0.1) is 19.3 Å². The quantitative estimate of drug-likeness (QED) is 0.278. The first-order valence-electron chi connectivity index (χ1n) is 11.1. The van der Waals surface area contributed by atoms with Gasteiger partial charge in [-0.1, -0.05) is 12.1 Å². The molecule has 2 heterocycles. The third-order valence-electron chi connectivity index (χ3n) is 5.54. The number of aromatic nitrogens is 1. The topological polar surface area (TPSA) is 89.9 Å². The Morgan fingerprint density at radius 1 is 1.06 bits per heavy atom.